The molecule has 92 valence electrons. The second-order valence-corrected chi connectivity index (χ2v) is 4.12. The average molecular weight is 262 g/mol. The number of amidine groups is 1. The summed E-state index contributed by atoms with van der Waals surface area (Å²) in [6, 6.07) is 10.9. The third kappa shape index (κ3) is 2.99. The highest BCUT2D eigenvalue weighted by Gasteiger charge is 2.07. The number of nitrogen functional groups attached to an aromatic ring is 1. The Balaban J connectivity index is 2.13. The Labute approximate surface area is 110 Å². The lowest BCUT2D eigenvalue weighted by Crippen LogP contribution is -2.15. The quantitative estimate of drug-likeness (QED) is 0.656. The fourth-order valence-corrected chi connectivity index (χ4v) is 1.71. The Hall–Kier alpha value is -2.07. The van der Waals surface area contributed by atoms with Crippen molar-refractivity contribution >= 4 is 17.4 Å². The molecule has 2 aromatic rings. The van der Waals surface area contributed by atoms with Crippen LogP contribution in [0.1, 0.15) is 11.3 Å². The lowest BCUT2D eigenvalue weighted by molar-refractivity contribution is 0.304. The summed E-state index contributed by atoms with van der Waals surface area (Å²) in [5, 5.41) is 8.07. The molecule has 4 nitrogen and oxygen atoms in total. The minimum absolute atomic E-state index is 0.114. The second-order valence-electron chi connectivity index (χ2n) is 3.68. The van der Waals surface area contributed by atoms with E-state index >= 15 is 0 Å². The molecule has 0 aliphatic rings. The molecule has 1 aromatic carbocycles. The zero-order valence-electron chi connectivity index (χ0n) is 9.56. The van der Waals surface area contributed by atoms with Crippen LogP contribution in [0, 0.1) is 5.41 Å². The fourth-order valence-electron chi connectivity index (χ4n) is 1.50. The van der Waals surface area contributed by atoms with Crippen LogP contribution in [0.25, 0.3) is 0 Å². The number of nitrogens with zero attached hydrogens (tertiary/aromatic N) is 1. The fraction of sp³-hybridized carbons (Fsp3) is 0.0769. The standard InChI is InChI=1S/C13H12ClN3O/c14-10-4-1-3-9(7-10)8-18-11-5-2-6-17-12(11)13(15)16/h1-7H,8H2,(H3,15,16). The van der Waals surface area contributed by atoms with E-state index in [0.29, 0.717) is 23.1 Å². The Morgan fingerprint density at radius 1 is 1.33 bits per heavy atom. The molecule has 1 aromatic heterocycles. The van der Waals surface area contributed by atoms with Gasteiger partial charge in [0.05, 0.1) is 0 Å². The maximum Gasteiger partial charge on any atom is 0.149 e. The normalized spacial score (nSPS) is 10.1. The molecule has 0 fully saturated rings. The van der Waals surface area contributed by atoms with E-state index in [4.69, 9.17) is 27.5 Å². The van der Waals surface area contributed by atoms with Gasteiger partial charge in [-0.3, -0.25) is 5.41 Å². The van der Waals surface area contributed by atoms with Crippen molar-refractivity contribution in [1.82, 2.24) is 4.98 Å². The molecular weight excluding hydrogens is 250 g/mol. The van der Waals surface area contributed by atoms with E-state index in [-0.39, 0.29) is 5.84 Å². The summed E-state index contributed by atoms with van der Waals surface area (Å²) in [7, 11) is 0. The molecule has 1 heterocycles. The first-order valence-electron chi connectivity index (χ1n) is 5.33. The van der Waals surface area contributed by atoms with Crippen molar-refractivity contribution in [2.45, 2.75) is 6.61 Å². The van der Waals surface area contributed by atoms with Crippen molar-refractivity contribution in [3.05, 3.63) is 58.9 Å². The number of aromatic nitrogens is 1. The molecule has 0 aliphatic heterocycles. The Kier molecular flexibility index (Phi) is 3.79. The predicted molar refractivity (Wildman–Crippen MR) is 71.0 cm³/mol. The molecule has 18 heavy (non-hydrogen) atoms. The van der Waals surface area contributed by atoms with Gasteiger partial charge >= 0.3 is 0 Å². The first-order valence-corrected chi connectivity index (χ1v) is 5.71. The topological polar surface area (TPSA) is 72.0 Å². The van der Waals surface area contributed by atoms with Crippen LogP contribution in [0.15, 0.2) is 42.6 Å². The van der Waals surface area contributed by atoms with Crippen LogP contribution >= 0.6 is 11.6 Å². The van der Waals surface area contributed by atoms with Gasteiger partial charge in [0.25, 0.3) is 0 Å². The van der Waals surface area contributed by atoms with Gasteiger partial charge in [0, 0.05) is 11.2 Å². The molecule has 0 saturated carbocycles. The van der Waals surface area contributed by atoms with Crippen molar-refractivity contribution in [3.63, 3.8) is 0 Å². The average Bonchev–Trinajstić information content (AvgIpc) is 2.37. The van der Waals surface area contributed by atoms with E-state index in [9.17, 15) is 0 Å². The largest absolute Gasteiger partial charge is 0.486 e. The highest BCUT2D eigenvalue weighted by atomic mass is 35.5. The van der Waals surface area contributed by atoms with Gasteiger partial charge in [0.15, 0.2) is 0 Å². The highest BCUT2D eigenvalue weighted by molar-refractivity contribution is 6.30. The highest BCUT2D eigenvalue weighted by Crippen LogP contribution is 2.17. The first-order chi connectivity index (χ1) is 8.66. The monoisotopic (exact) mass is 261 g/mol. The van der Waals surface area contributed by atoms with Gasteiger partial charge in [-0.25, -0.2) is 4.98 Å². The third-order valence-corrected chi connectivity index (χ3v) is 2.54. The minimum Gasteiger partial charge on any atom is -0.486 e. The molecule has 0 aliphatic carbocycles. The van der Waals surface area contributed by atoms with Gasteiger partial charge in [0.2, 0.25) is 0 Å². The van der Waals surface area contributed by atoms with Gasteiger partial charge < -0.3 is 10.5 Å². The van der Waals surface area contributed by atoms with E-state index in [1.807, 2.05) is 18.2 Å². The molecule has 3 N–H and O–H groups in total. The van der Waals surface area contributed by atoms with Gasteiger partial charge in [-0.15, -0.1) is 0 Å². The van der Waals surface area contributed by atoms with Crippen molar-refractivity contribution in [1.29, 1.82) is 5.41 Å². The Bertz CT molecular complexity index is 572. The summed E-state index contributed by atoms with van der Waals surface area (Å²) in [6.45, 7) is 0.354. The van der Waals surface area contributed by atoms with Gasteiger partial charge in [-0.2, -0.15) is 0 Å². The molecule has 0 radical (unpaired) electrons. The molecule has 0 amide bonds. The predicted octanol–water partition coefficient (Wildman–Crippen LogP) is 2.60. The van der Waals surface area contributed by atoms with E-state index < -0.39 is 0 Å². The lowest BCUT2D eigenvalue weighted by atomic mass is 10.2. The maximum absolute atomic E-state index is 7.41. The number of ether oxygens (including phenoxy) is 1. The molecule has 0 atom stereocenters. The number of nitrogens with one attached hydrogen (secondary N) is 1. The molecule has 2 rings (SSSR count). The smallest absolute Gasteiger partial charge is 0.149 e. The number of nitrogens with two attached hydrogens (primary N) is 1. The van der Waals surface area contributed by atoms with Crippen LogP contribution in [0.3, 0.4) is 0 Å². The summed E-state index contributed by atoms with van der Waals surface area (Å²) in [6.07, 6.45) is 1.57. The van der Waals surface area contributed by atoms with Gasteiger partial charge in [-0.05, 0) is 29.8 Å². The van der Waals surface area contributed by atoms with Crippen LogP contribution in [0.4, 0.5) is 0 Å². The summed E-state index contributed by atoms with van der Waals surface area (Å²) in [4.78, 5) is 4.01. The Morgan fingerprint density at radius 3 is 2.89 bits per heavy atom. The van der Waals surface area contributed by atoms with Crippen LogP contribution in [0.5, 0.6) is 5.75 Å². The van der Waals surface area contributed by atoms with Crippen molar-refractivity contribution < 1.29 is 4.74 Å². The lowest BCUT2D eigenvalue weighted by Gasteiger charge is -2.09. The second kappa shape index (κ2) is 5.51. The summed E-state index contributed by atoms with van der Waals surface area (Å²) >= 11 is 5.89. The van der Waals surface area contributed by atoms with Gasteiger partial charge in [0.1, 0.15) is 23.9 Å². The van der Waals surface area contributed by atoms with Crippen LogP contribution in [0.2, 0.25) is 5.02 Å². The first kappa shape index (κ1) is 12.4. The number of pyridine rings is 1. The number of hydrogen-bond donors (Lipinski definition) is 2. The zero-order valence-corrected chi connectivity index (χ0v) is 10.3. The summed E-state index contributed by atoms with van der Waals surface area (Å²) < 4.78 is 5.60. The molecule has 0 unspecified atom stereocenters. The van der Waals surface area contributed by atoms with Gasteiger partial charge in [-0.1, -0.05) is 23.7 Å². The van der Waals surface area contributed by atoms with E-state index in [0.717, 1.165) is 5.56 Å². The summed E-state index contributed by atoms with van der Waals surface area (Å²) in [5.74, 6) is 0.377. The van der Waals surface area contributed by atoms with Crippen LogP contribution in [-0.4, -0.2) is 10.8 Å². The van der Waals surface area contributed by atoms with E-state index in [1.165, 1.54) is 0 Å². The van der Waals surface area contributed by atoms with Crippen molar-refractivity contribution in [3.8, 4) is 5.75 Å². The maximum atomic E-state index is 7.41. The van der Waals surface area contributed by atoms with Crippen LogP contribution < -0.4 is 10.5 Å². The van der Waals surface area contributed by atoms with Crippen molar-refractivity contribution in [2.24, 2.45) is 5.73 Å². The molecular formula is C13H12ClN3O. The molecule has 0 bridgehead atoms. The van der Waals surface area contributed by atoms with Crippen LogP contribution in [-0.2, 0) is 6.61 Å². The van der Waals surface area contributed by atoms with E-state index in [1.54, 1.807) is 24.4 Å². The minimum atomic E-state index is -0.114. The van der Waals surface area contributed by atoms with Crippen molar-refractivity contribution in [2.75, 3.05) is 0 Å². The zero-order chi connectivity index (χ0) is 13.0. The number of halogens is 1. The SMILES string of the molecule is N=C(N)c1ncccc1OCc1cccc(Cl)c1. The Morgan fingerprint density at radius 2 is 2.17 bits per heavy atom. The molecule has 0 saturated heterocycles. The summed E-state index contributed by atoms with van der Waals surface area (Å²) in [5.41, 5.74) is 6.72. The number of rotatable bonds is 4. The molecule has 5 heteroatoms. The molecule has 0 spiro atoms. The number of hydrogen-bond acceptors (Lipinski definition) is 3. The number of benzene rings is 1. The third-order valence-electron chi connectivity index (χ3n) is 2.31. The van der Waals surface area contributed by atoms with E-state index in [2.05, 4.69) is 4.98 Å².